The molecule has 2 bridgehead atoms. The molecule has 2 saturated carbocycles. The van der Waals surface area contributed by atoms with E-state index in [1.807, 2.05) is 0 Å². The Kier molecular flexibility index (Phi) is 4.34. The van der Waals surface area contributed by atoms with Crippen molar-refractivity contribution in [3.8, 4) is 0 Å². The largest absolute Gasteiger partial charge is 0.310 e. The fraction of sp³-hybridized carbons (Fsp3) is 0.778. The van der Waals surface area contributed by atoms with Crippen molar-refractivity contribution in [1.82, 2.24) is 5.32 Å². The lowest BCUT2D eigenvalue weighted by Gasteiger charge is -2.26. The fourth-order valence-corrected chi connectivity index (χ4v) is 7.32. The maximum absolute atomic E-state index is 3.80. The van der Waals surface area contributed by atoms with Crippen molar-refractivity contribution < 1.29 is 0 Å². The van der Waals surface area contributed by atoms with Gasteiger partial charge >= 0.3 is 0 Å². The van der Waals surface area contributed by atoms with Crippen LogP contribution in [0.25, 0.3) is 0 Å². The van der Waals surface area contributed by atoms with Crippen LogP contribution in [0, 0.1) is 17.8 Å². The zero-order valence-electron chi connectivity index (χ0n) is 13.1. The highest BCUT2D eigenvalue weighted by Crippen LogP contribution is 2.51. The molecule has 1 aromatic heterocycles. The van der Waals surface area contributed by atoms with Crippen LogP contribution in [0.5, 0.6) is 0 Å². The molecule has 2 heterocycles. The molecule has 1 N–H and O–H groups in total. The third-order valence-corrected chi connectivity index (χ3v) is 8.22. The lowest BCUT2D eigenvalue weighted by molar-refractivity contribution is 0.282. The number of hydrogen-bond acceptors (Lipinski definition) is 3. The van der Waals surface area contributed by atoms with Gasteiger partial charge in [-0.25, -0.2) is 0 Å². The monoisotopic (exact) mass is 321 g/mol. The molecular weight excluding hydrogens is 294 g/mol. The minimum Gasteiger partial charge on any atom is -0.310 e. The Hall–Kier alpha value is 0.01000. The van der Waals surface area contributed by atoms with Gasteiger partial charge in [0.15, 0.2) is 0 Å². The number of thioether (sulfide) groups is 1. The van der Waals surface area contributed by atoms with Gasteiger partial charge in [0.1, 0.15) is 0 Å². The third kappa shape index (κ3) is 2.94. The second kappa shape index (κ2) is 6.25. The summed E-state index contributed by atoms with van der Waals surface area (Å²) in [6.45, 7) is 3.36. The van der Waals surface area contributed by atoms with Gasteiger partial charge < -0.3 is 5.32 Å². The van der Waals surface area contributed by atoms with E-state index < -0.39 is 0 Å². The van der Waals surface area contributed by atoms with E-state index in [2.05, 4.69) is 41.4 Å². The maximum Gasteiger partial charge on any atom is 0.0417 e. The molecule has 3 aliphatic rings. The molecule has 4 atom stereocenters. The highest BCUT2D eigenvalue weighted by molar-refractivity contribution is 7.98. The van der Waals surface area contributed by atoms with Crippen LogP contribution in [0.2, 0.25) is 0 Å². The van der Waals surface area contributed by atoms with E-state index in [1.54, 1.807) is 21.7 Å². The van der Waals surface area contributed by atoms with Crippen molar-refractivity contribution in [2.24, 2.45) is 17.8 Å². The molecule has 21 heavy (non-hydrogen) atoms. The van der Waals surface area contributed by atoms with E-state index in [0.717, 1.165) is 24.3 Å². The molecule has 0 amide bonds. The van der Waals surface area contributed by atoms with Gasteiger partial charge in [0, 0.05) is 21.5 Å². The van der Waals surface area contributed by atoms with E-state index >= 15 is 0 Å². The Bertz CT molecular complexity index is 472. The molecule has 3 heteroatoms. The van der Waals surface area contributed by atoms with Crippen molar-refractivity contribution in [3.05, 3.63) is 21.4 Å². The van der Waals surface area contributed by atoms with Crippen molar-refractivity contribution in [3.63, 3.8) is 0 Å². The summed E-state index contributed by atoms with van der Waals surface area (Å²) in [6, 6.07) is 3.16. The van der Waals surface area contributed by atoms with Gasteiger partial charge in [-0.05, 0) is 73.8 Å². The van der Waals surface area contributed by atoms with E-state index in [9.17, 15) is 0 Å². The van der Waals surface area contributed by atoms with Crippen LogP contribution in [-0.2, 0) is 12.2 Å². The molecule has 0 spiro atoms. The Morgan fingerprint density at radius 3 is 3.00 bits per heavy atom. The number of fused-ring (bicyclic) bond motifs is 3. The molecule has 1 nitrogen and oxygen atoms in total. The van der Waals surface area contributed by atoms with Gasteiger partial charge in [0.05, 0.1) is 0 Å². The molecule has 2 fully saturated rings. The average molecular weight is 322 g/mol. The number of thiophene rings is 1. The summed E-state index contributed by atoms with van der Waals surface area (Å²) in [7, 11) is 0. The van der Waals surface area contributed by atoms with Crippen LogP contribution in [0.3, 0.4) is 0 Å². The molecule has 0 radical (unpaired) electrons. The number of aryl methyl sites for hydroxylation is 1. The second-order valence-corrected chi connectivity index (χ2v) is 9.45. The third-order valence-electron chi connectivity index (χ3n) is 5.86. The normalized spacial score (nSPS) is 32.3. The van der Waals surface area contributed by atoms with Crippen LogP contribution in [-0.4, -0.2) is 12.3 Å². The first-order valence-electron chi connectivity index (χ1n) is 8.76. The molecule has 0 aromatic carbocycles. The van der Waals surface area contributed by atoms with Crippen LogP contribution >= 0.6 is 23.1 Å². The first-order valence-corrected chi connectivity index (χ1v) is 10.7. The molecule has 4 rings (SSSR count). The van der Waals surface area contributed by atoms with E-state index in [1.165, 1.54) is 43.6 Å². The summed E-state index contributed by atoms with van der Waals surface area (Å²) in [6.07, 6.45) is 8.80. The van der Waals surface area contributed by atoms with Crippen LogP contribution in [0.15, 0.2) is 6.07 Å². The Morgan fingerprint density at radius 1 is 1.33 bits per heavy atom. The summed E-state index contributed by atoms with van der Waals surface area (Å²) in [4.78, 5) is 3.31. The zero-order valence-corrected chi connectivity index (χ0v) is 14.7. The minimum absolute atomic E-state index is 0.625. The van der Waals surface area contributed by atoms with Gasteiger partial charge in [-0.2, -0.15) is 11.8 Å². The summed E-state index contributed by atoms with van der Waals surface area (Å²) >= 11 is 4.22. The Labute approximate surface area is 137 Å². The molecule has 0 saturated heterocycles. The first-order chi connectivity index (χ1) is 10.3. The zero-order chi connectivity index (χ0) is 14.2. The minimum atomic E-state index is 0.625. The van der Waals surface area contributed by atoms with Crippen molar-refractivity contribution in [1.29, 1.82) is 0 Å². The number of rotatable bonds is 5. The lowest BCUT2D eigenvalue weighted by Crippen LogP contribution is -2.24. The van der Waals surface area contributed by atoms with Gasteiger partial charge in [-0.1, -0.05) is 13.3 Å². The standard InChI is InChI=1S/C18H27NS2/c1-2-19-16(9-14-8-12-3-4-13(14)7-12)18-10-15-11-20-6-5-17(15)21-18/h10,12-14,16,19H,2-9,11H2,1H3. The second-order valence-electron chi connectivity index (χ2n) is 7.18. The fourth-order valence-electron chi connectivity index (χ4n) is 4.86. The van der Waals surface area contributed by atoms with Crippen LogP contribution < -0.4 is 5.32 Å². The van der Waals surface area contributed by atoms with E-state index in [0.29, 0.717) is 6.04 Å². The van der Waals surface area contributed by atoms with Crippen LogP contribution in [0.4, 0.5) is 0 Å². The molecule has 2 aliphatic carbocycles. The topological polar surface area (TPSA) is 12.0 Å². The van der Waals surface area contributed by atoms with E-state index in [-0.39, 0.29) is 0 Å². The van der Waals surface area contributed by atoms with Gasteiger partial charge in [-0.3, -0.25) is 0 Å². The van der Waals surface area contributed by atoms with Gasteiger partial charge in [-0.15, -0.1) is 11.3 Å². The predicted molar refractivity (Wildman–Crippen MR) is 94.2 cm³/mol. The Morgan fingerprint density at radius 2 is 2.29 bits per heavy atom. The SMILES string of the molecule is CCNC(CC1CC2CCC1C2)c1cc2c(s1)CCSC2. The smallest absolute Gasteiger partial charge is 0.0417 e. The molecule has 4 unspecified atom stereocenters. The Balaban J connectivity index is 1.49. The summed E-state index contributed by atoms with van der Waals surface area (Å²) in [5, 5.41) is 3.80. The number of hydrogen-bond donors (Lipinski definition) is 1. The summed E-state index contributed by atoms with van der Waals surface area (Å²) < 4.78 is 0. The van der Waals surface area contributed by atoms with Crippen LogP contribution in [0.1, 0.15) is 60.4 Å². The molecule has 116 valence electrons. The molecule has 1 aromatic rings. The highest BCUT2D eigenvalue weighted by Gasteiger charge is 2.40. The summed E-state index contributed by atoms with van der Waals surface area (Å²) in [5.41, 5.74) is 1.64. The van der Waals surface area contributed by atoms with Gasteiger partial charge in [0.2, 0.25) is 0 Å². The quantitative estimate of drug-likeness (QED) is 0.817. The predicted octanol–water partition coefficient (Wildman–Crippen LogP) is 5.01. The van der Waals surface area contributed by atoms with E-state index in [4.69, 9.17) is 0 Å². The highest BCUT2D eigenvalue weighted by atomic mass is 32.2. The van der Waals surface area contributed by atoms with Crippen molar-refractivity contribution in [2.75, 3.05) is 12.3 Å². The first kappa shape index (κ1) is 14.6. The summed E-state index contributed by atoms with van der Waals surface area (Å²) in [5.74, 6) is 5.71. The molecular formula is C18H27NS2. The maximum atomic E-state index is 3.80. The lowest BCUT2D eigenvalue weighted by atomic mass is 9.84. The average Bonchev–Trinajstić information content (AvgIpc) is 3.21. The van der Waals surface area contributed by atoms with Crippen molar-refractivity contribution >= 4 is 23.1 Å². The van der Waals surface area contributed by atoms with Gasteiger partial charge in [0.25, 0.3) is 0 Å². The number of nitrogens with one attached hydrogen (secondary N) is 1. The molecule has 1 aliphatic heterocycles. The van der Waals surface area contributed by atoms with Crippen molar-refractivity contribution in [2.45, 2.75) is 57.2 Å².